The Morgan fingerprint density at radius 2 is 1.88 bits per heavy atom. The molecule has 1 amide bonds. The van der Waals surface area contributed by atoms with Gasteiger partial charge < -0.3 is 15.0 Å². The van der Waals surface area contributed by atoms with Gasteiger partial charge in [-0.15, -0.1) is 0 Å². The second-order valence-electron chi connectivity index (χ2n) is 10.5. The van der Waals surface area contributed by atoms with E-state index in [1.165, 1.54) is 5.56 Å². The minimum absolute atomic E-state index is 0.0532. The van der Waals surface area contributed by atoms with Crippen LogP contribution in [0.5, 0.6) is 5.75 Å². The summed E-state index contributed by atoms with van der Waals surface area (Å²) in [7, 11) is 0. The summed E-state index contributed by atoms with van der Waals surface area (Å²) in [5.74, 6) is 0.987. The standard InChI is InChI=1S/C34H34N4O2/c1-24(2)32(36-34(39)29-15-16-29)7-5-19-38-25(3)6-4-8-33(38)28-13-9-27(10-14-28)21-37-22-31(23-37)40-30-17-11-26(20-35)12-18-30/h4-6,8-14,17-18,29,31H,1,3,15-16,19,21-23H2,2H3,(H,36,39). The predicted octanol–water partition coefficient (Wildman–Crippen LogP) is 5.69. The molecule has 0 radical (unpaired) electrons. The summed E-state index contributed by atoms with van der Waals surface area (Å²) in [6, 6.07) is 18.0. The first-order chi connectivity index (χ1) is 19.4. The zero-order chi connectivity index (χ0) is 28.1. The van der Waals surface area contributed by atoms with Gasteiger partial charge in [0, 0.05) is 43.5 Å². The Bertz CT molecular complexity index is 1460. The van der Waals surface area contributed by atoms with Crippen LogP contribution in [-0.2, 0) is 11.3 Å². The molecule has 0 atom stereocenters. The maximum atomic E-state index is 12.2. The molecule has 6 heteroatoms. The van der Waals surface area contributed by atoms with Crippen LogP contribution in [0.1, 0.15) is 36.5 Å². The highest BCUT2D eigenvalue weighted by atomic mass is 16.5. The monoisotopic (exact) mass is 530 g/mol. The van der Waals surface area contributed by atoms with Crippen molar-refractivity contribution in [3.05, 3.63) is 125 Å². The van der Waals surface area contributed by atoms with Gasteiger partial charge in [-0.2, -0.15) is 5.26 Å². The number of allylic oxidation sites excluding steroid dienone is 3. The fraction of sp³-hybridized carbons (Fsp3) is 0.265. The number of nitrogens with zero attached hydrogens (tertiary/aromatic N) is 3. The van der Waals surface area contributed by atoms with Crippen LogP contribution < -0.4 is 10.1 Å². The second-order valence-corrected chi connectivity index (χ2v) is 10.5. The normalized spacial score (nSPS) is 16.8. The average Bonchev–Trinajstić information content (AvgIpc) is 3.79. The molecule has 2 heterocycles. The highest BCUT2D eigenvalue weighted by Gasteiger charge is 2.30. The highest BCUT2D eigenvalue weighted by molar-refractivity contribution is 5.83. The van der Waals surface area contributed by atoms with Gasteiger partial charge in [0.1, 0.15) is 11.9 Å². The Morgan fingerprint density at radius 3 is 2.52 bits per heavy atom. The van der Waals surface area contributed by atoms with Gasteiger partial charge in [-0.25, -0.2) is 0 Å². The van der Waals surface area contributed by atoms with Gasteiger partial charge in [0.2, 0.25) is 5.91 Å². The van der Waals surface area contributed by atoms with Crippen LogP contribution in [0, 0.1) is 17.2 Å². The van der Waals surface area contributed by atoms with E-state index in [0.29, 0.717) is 17.8 Å². The minimum Gasteiger partial charge on any atom is -0.488 e. The molecule has 6 nitrogen and oxygen atoms in total. The van der Waals surface area contributed by atoms with E-state index >= 15 is 0 Å². The van der Waals surface area contributed by atoms with Crippen molar-refractivity contribution in [2.45, 2.75) is 32.4 Å². The van der Waals surface area contributed by atoms with Crippen molar-refractivity contribution in [3.63, 3.8) is 0 Å². The second kappa shape index (κ2) is 12.1. The van der Waals surface area contributed by atoms with E-state index in [9.17, 15) is 4.79 Å². The highest BCUT2D eigenvalue weighted by Crippen LogP contribution is 2.30. The number of carbonyl (C=O) groups excluding carboxylic acids is 1. The van der Waals surface area contributed by atoms with E-state index in [2.05, 4.69) is 70.4 Å². The third-order valence-corrected chi connectivity index (χ3v) is 7.19. The third-order valence-electron chi connectivity index (χ3n) is 7.19. The quantitative estimate of drug-likeness (QED) is 0.316. The van der Waals surface area contributed by atoms with Crippen molar-refractivity contribution >= 4 is 11.6 Å². The van der Waals surface area contributed by atoms with Crippen molar-refractivity contribution in [2.24, 2.45) is 5.92 Å². The summed E-state index contributed by atoms with van der Waals surface area (Å²) < 4.78 is 6.02. The summed E-state index contributed by atoms with van der Waals surface area (Å²) >= 11 is 0. The number of benzene rings is 2. The lowest BCUT2D eigenvalue weighted by Gasteiger charge is -2.39. The maximum absolute atomic E-state index is 12.2. The summed E-state index contributed by atoms with van der Waals surface area (Å²) in [5, 5.41) is 11.9. The first-order valence-corrected chi connectivity index (χ1v) is 13.6. The number of carbonyl (C=O) groups is 1. The van der Waals surface area contributed by atoms with Crippen molar-refractivity contribution < 1.29 is 9.53 Å². The smallest absolute Gasteiger partial charge is 0.227 e. The first-order valence-electron chi connectivity index (χ1n) is 13.6. The molecular formula is C34H34N4O2. The molecule has 0 spiro atoms. The molecule has 1 aliphatic carbocycles. The number of rotatable bonds is 10. The van der Waals surface area contributed by atoms with Crippen molar-refractivity contribution in [2.75, 3.05) is 19.6 Å². The van der Waals surface area contributed by atoms with E-state index in [4.69, 9.17) is 10.00 Å². The molecule has 0 unspecified atom stereocenters. The third kappa shape index (κ3) is 6.71. The Hall–Kier alpha value is -4.56. The molecule has 2 aromatic carbocycles. The summed E-state index contributed by atoms with van der Waals surface area (Å²) in [4.78, 5) is 16.7. The fourth-order valence-corrected chi connectivity index (χ4v) is 4.69. The lowest BCUT2D eigenvalue weighted by Crippen LogP contribution is -2.53. The molecule has 5 rings (SSSR count). The number of nitrogens with one attached hydrogen (secondary N) is 1. The van der Waals surface area contributed by atoms with Gasteiger partial charge in [-0.3, -0.25) is 9.69 Å². The van der Waals surface area contributed by atoms with Crippen LogP contribution in [0.25, 0.3) is 5.70 Å². The van der Waals surface area contributed by atoms with E-state index in [1.807, 2.05) is 37.3 Å². The molecule has 2 fully saturated rings. The van der Waals surface area contributed by atoms with Crippen LogP contribution in [0.4, 0.5) is 0 Å². The first kappa shape index (κ1) is 27.0. The topological polar surface area (TPSA) is 68.6 Å². The van der Waals surface area contributed by atoms with Crippen molar-refractivity contribution in [1.82, 2.24) is 15.1 Å². The molecule has 3 aliphatic rings. The summed E-state index contributed by atoms with van der Waals surface area (Å²) in [6.45, 7) is 13.3. The van der Waals surface area contributed by atoms with Gasteiger partial charge in [-0.1, -0.05) is 49.2 Å². The Labute approximate surface area is 236 Å². The molecule has 0 bridgehead atoms. The Kier molecular flexibility index (Phi) is 8.17. The minimum atomic E-state index is 0.0532. The molecule has 1 saturated heterocycles. The number of amides is 1. The molecule has 1 N–H and O–H groups in total. The molecule has 1 saturated carbocycles. The van der Waals surface area contributed by atoms with Crippen LogP contribution in [-0.4, -0.2) is 41.4 Å². The molecule has 202 valence electrons. The number of likely N-dealkylation sites (tertiary alicyclic amines) is 1. The van der Waals surface area contributed by atoms with Crippen molar-refractivity contribution in [3.8, 4) is 11.8 Å². The van der Waals surface area contributed by atoms with E-state index < -0.39 is 0 Å². The average molecular weight is 531 g/mol. The Balaban J connectivity index is 1.17. The van der Waals surface area contributed by atoms with E-state index in [-0.39, 0.29) is 17.9 Å². The van der Waals surface area contributed by atoms with Gasteiger partial charge in [0.15, 0.2) is 0 Å². The number of nitriles is 1. The molecular weight excluding hydrogens is 496 g/mol. The van der Waals surface area contributed by atoms with Gasteiger partial charge >= 0.3 is 0 Å². The molecule has 2 aromatic rings. The van der Waals surface area contributed by atoms with Gasteiger partial charge in [0.25, 0.3) is 0 Å². The Morgan fingerprint density at radius 1 is 1.15 bits per heavy atom. The van der Waals surface area contributed by atoms with Crippen molar-refractivity contribution in [1.29, 1.82) is 5.26 Å². The maximum Gasteiger partial charge on any atom is 0.227 e. The fourth-order valence-electron chi connectivity index (χ4n) is 4.69. The SMILES string of the molecule is C=C(C)C(=C=CCN1C(=C)C=CC=C1c1ccc(CN2CC(Oc3ccc(C#N)cc3)C2)cc1)NC(=O)C1CC1. The van der Waals surface area contributed by atoms with E-state index in [1.54, 1.807) is 12.1 Å². The zero-order valence-electron chi connectivity index (χ0n) is 22.9. The van der Waals surface area contributed by atoms with Crippen LogP contribution in [0.3, 0.4) is 0 Å². The van der Waals surface area contributed by atoms with Crippen LogP contribution >= 0.6 is 0 Å². The number of ether oxygens (including phenoxy) is 1. The lowest BCUT2D eigenvalue weighted by molar-refractivity contribution is -0.121. The zero-order valence-corrected chi connectivity index (χ0v) is 22.9. The van der Waals surface area contributed by atoms with Crippen LogP contribution in [0.2, 0.25) is 0 Å². The lowest BCUT2D eigenvalue weighted by atomic mass is 10.0. The summed E-state index contributed by atoms with van der Waals surface area (Å²) in [5.41, 5.74) is 9.61. The summed E-state index contributed by atoms with van der Waals surface area (Å²) in [6.07, 6.45) is 10.1. The van der Waals surface area contributed by atoms with Gasteiger partial charge in [-0.05, 0) is 79.0 Å². The van der Waals surface area contributed by atoms with Crippen LogP contribution in [0.15, 0.2) is 109 Å². The van der Waals surface area contributed by atoms with Gasteiger partial charge in [0.05, 0.1) is 17.3 Å². The number of hydrogen-bond donors (Lipinski definition) is 1. The predicted molar refractivity (Wildman–Crippen MR) is 158 cm³/mol. The van der Waals surface area contributed by atoms with E-state index in [0.717, 1.165) is 60.8 Å². The number of hydrogen-bond acceptors (Lipinski definition) is 5. The molecule has 2 aliphatic heterocycles. The molecule has 40 heavy (non-hydrogen) atoms. The largest absolute Gasteiger partial charge is 0.488 e. The molecule has 0 aromatic heterocycles.